The van der Waals surface area contributed by atoms with Crippen molar-refractivity contribution in [2.45, 2.75) is 18.4 Å². The molecule has 0 unspecified atom stereocenters. The number of thiazole rings is 1. The Kier molecular flexibility index (Phi) is 6.10. The molecule has 0 fully saturated rings. The number of aryl methyl sites for hydroxylation is 1. The number of anilines is 1. The van der Waals surface area contributed by atoms with Gasteiger partial charge in [0.05, 0.1) is 20.1 Å². The molecule has 4 rings (SSSR count). The smallest absolute Gasteiger partial charge is 0.258 e. The SMILES string of the molecule is Cc1nc2cc(N(C)C(=O)c3ccc(S(=O)(=O)N(C)Cc4ccccc4)cc3)ccc2s1. The first kappa shape index (κ1) is 22.1. The Labute approximate surface area is 191 Å². The summed E-state index contributed by atoms with van der Waals surface area (Å²) in [5.41, 5.74) is 2.89. The van der Waals surface area contributed by atoms with E-state index in [1.54, 1.807) is 42.5 Å². The molecule has 0 aliphatic heterocycles. The summed E-state index contributed by atoms with van der Waals surface area (Å²) in [6, 6.07) is 21.2. The highest BCUT2D eigenvalue weighted by Gasteiger charge is 2.22. The van der Waals surface area contributed by atoms with Crippen LogP contribution in [0.1, 0.15) is 20.9 Å². The molecule has 3 aromatic carbocycles. The lowest BCUT2D eigenvalue weighted by Crippen LogP contribution is -2.27. The third-order valence-electron chi connectivity index (χ3n) is 5.23. The zero-order chi connectivity index (χ0) is 22.9. The number of fused-ring (bicyclic) bond motifs is 1. The molecular weight excluding hydrogens is 442 g/mol. The average Bonchev–Trinajstić information content (AvgIpc) is 3.18. The Hall–Kier alpha value is -3.07. The number of carbonyl (C=O) groups excluding carboxylic acids is 1. The quantitative estimate of drug-likeness (QED) is 0.414. The fourth-order valence-corrected chi connectivity index (χ4v) is 5.39. The maximum absolute atomic E-state index is 13.0. The molecule has 1 amide bonds. The van der Waals surface area contributed by atoms with E-state index in [2.05, 4.69) is 4.98 Å². The highest BCUT2D eigenvalue weighted by molar-refractivity contribution is 7.89. The fourth-order valence-electron chi connectivity index (χ4n) is 3.43. The van der Waals surface area contributed by atoms with Crippen molar-refractivity contribution in [3.05, 3.63) is 88.9 Å². The first-order valence-corrected chi connectivity index (χ1v) is 12.3. The van der Waals surface area contributed by atoms with Gasteiger partial charge in [0.15, 0.2) is 0 Å². The van der Waals surface area contributed by atoms with Crippen molar-refractivity contribution < 1.29 is 13.2 Å². The molecule has 0 aliphatic rings. The van der Waals surface area contributed by atoms with Gasteiger partial charge in [-0.1, -0.05) is 30.3 Å². The number of nitrogens with zero attached hydrogens (tertiary/aromatic N) is 3. The second kappa shape index (κ2) is 8.82. The summed E-state index contributed by atoms with van der Waals surface area (Å²) in [7, 11) is -0.430. The summed E-state index contributed by atoms with van der Waals surface area (Å²) in [5, 5.41) is 0.972. The lowest BCUT2D eigenvalue weighted by molar-refractivity contribution is 0.0993. The Morgan fingerprint density at radius 1 is 0.969 bits per heavy atom. The normalized spacial score (nSPS) is 11.8. The first-order valence-electron chi connectivity index (χ1n) is 10.0. The van der Waals surface area contributed by atoms with Gasteiger partial charge in [-0.15, -0.1) is 11.3 Å². The average molecular weight is 466 g/mol. The van der Waals surface area contributed by atoms with Gasteiger partial charge in [0.25, 0.3) is 5.91 Å². The molecule has 8 heteroatoms. The second-order valence-electron chi connectivity index (χ2n) is 7.52. The van der Waals surface area contributed by atoms with Crippen molar-refractivity contribution in [2.24, 2.45) is 0 Å². The monoisotopic (exact) mass is 465 g/mol. The minimum atomic E-state index is -3.67. The maximum Gasteiger partial charge on any atom is 0.258 e. The van der Waals surface area contributed by atoms with Crippen LogP contribution >= 0.6 is 11.3 Å². The highest BCUT2D eigenvalue weighted by Crippen LogP contribution is 2.27. The Morgan fingerprint density at radius 2 is 1.66 bits per heavy atom. The van der Waals surface area contributed by atoms with Crippen molar-refractivity contribution in [3.8, 4) is 0 Å². The molecule has 0 atom stereocenters. The van der Waals surface area contributed by atoms with Crippen molar-refractivity contribution >= 4 is 43.2 Å². The van der Waals surface area contributed by atoms with Gasteiger partial charge >= 0.3 is 0 Å². The summed E-state index contributed by atoms with van der Waals surface area (Å²) in [6.45, 7) is 2.22. The molecule has 0 saturated heterocycles. The lowest BCUT2D eigenvalue weighted by atomic mass is 10.2. The molecule has 32 heavy (non-hydrogen) atoms. The lowest BCUT2D eigenvalue weighted by Gasteiger charge is -2.19. The predicted molar refractivity (Wildman–Crippen MR) is 129 cm³/mol. The third kappa shape index (κ3) is 4.43. The number of hydrogen-bond acceptors (Lipinski definition) is 5. The van der Waals surface area contributed by atoms with Gasteiger partial charge in [0.1, 0.15) is 0 Å². The predicted octanol–water partition coefficient (Wildman–Crippen LogP) is 4.70. The molecule has 0 radical (unpaired) electrons. The Balaban J connectivity index is 1.52. The molecule has 164 valence electrons. The van der Waals surface area contributed by atoms with E-state index in [0.29, 0.717) is 5.56 Å². The van der Waals surface area contributed by atoms with E-state index in [9.17, 15) is 13.2 Å². The van der Waals surface area contributed by atoms with Crippen molar-refractivity contribution in [1.82, 2.24) is 9.29 Å². The maximum atomic E-state index is 13.0. The number of sulfonamides is 1. The minimum absolute atomic E-state index is 0.148. The molecule has 0 N–H and O–H groups in total. The summed E-state index contributed by atoms with van der Waals surface area (Å²) in [6.07, 6.45) is 0. The largest absolute Gasteiger partial charge is 0.311 e. The molecule has 6 nitrogen and oxygen atoms in total. The summed E-state index contributed by atoms with van der Waals surface area (Å²) in [5.74, 6) is -0.224. The summed E-state index contributed by atoms with van der Waals surface area (Å²) in [4.78, 5) is 19.1. The van der Waals surface area contributed by atoms with Gasteiger partial charge < -0.3 is 4.90 Å². The third-order valence-corrected chi connectivity index (χ3v) is 8.00. The van der Waals surface area contributed by atoms with E-state index in [0.717, 1.165) is 26.5 Å². The second-order valence-corrected chi connectivity index (χ2v) is 10.8. The number of rotatable bonds is 6. The van der Waals surface area contributed by atoms with Gasteiger partial charge in [0.2, 0.25) is 10.0 Å². The molecule has 1 heterocycles. The van der Waals surface area contributed by atoms with Crippen LogP contribution in [0, 0.1) is 6.92 Å². The molecule has 0 spiro atoms. The van der Waals surface area contributed by atoms with Crippen LogP contribution in [0.25, 0.3) is 10.2 Å². The van der Waals surface area contributed by atoms with Crippen molar-refractivity contribution in [2.75, 3.05) is 19.0 Å². The van der Waals surface area contributed by atoms with Crippen LogP contribution in [-0.2, 0) is 16.6 Å². The van der Waals surface area contributed by atoms with Crippen molar-refractivity contribution in [3.63, 3.8) is 0 Å². The van der Waals surface area contributed by atoms with Crippen LogP contribution < -0.4 is 4.90 Å². The van der Waals surface area contributed by atoms with E-state index >= 15 is 0 Å². The Bertz CT molecular complexity index is 1360. The van der Waals surface area contributed by atoms with E-state index < -0.39 is 10.0 Å². The number of carbonyl (C=O) groups is 1. The number of amides is 1. The topological polar surface area (TPSA) is 70.6 Å². The number of aromatic nitrogens is 1. The van der Waals surface area contributed by atoms with E-state index in [1.165, 1.54) is 16.4 Å². The van der Waals surface area contributed by atoms with Crippen LogP contribution in [0.5, 0.6) is 0 Å². The highest BCUT2D eigenvalue weighted by atomic mass is 32.2. The standard InChI is InChI=1S/C24H23N3O3S2/c1-17-25-22-15-20(11-14-23(22)31-17)27(3)24(28)19-9-12-21(13-10-19)32(29,30)26(2)16-18-7-5-4-6-8-18/h4-15H,16H2,1-3H3. The molecule has 4 aromatic rings. The zero-order valence-electron chi connectivity index (χ0n) is 18.0. The summed E-state index contributed by atoms with van der Waals surface area (Å²) >= 11 is 1.61. The minimum Gasteiger partial charge on any atom is -0.311 e. The van der Waals surface area contributed by atoms with E-state index in [1.807, 2.05) is 55.5 Å². The van der Waals surface area contributed by atoms with Gasteiger partial charge in [-0.2, -0.15) is 4.31 Å². The first-order chi connectivity index (χ1) is 15.3. The number of benzene rings is 3. The molecule has 0 aliphatic carbocycles. The van der Waals surface area contributed by atoms with E-state index in [4.69, 9.17) is 0 Å². The molecule has 1 aromatic heterocycles. The van der Waals surface area contributed by atoms with Crippen LogP contribution in [0.4, 0.5) is 5.69 Å². The molecule has 0 bridgehead atoms. The summed E-state index contributed by atoms with van der Waals surface area (Å²) < 4.78 is 28.2. The van der Waals surface area contributed by atoms with Crippen LogP contribution in [0.15, 0.2) is 77.7 Å². The van der Waals surface area contributed by atoms with Gasteiger partial charge in [-0.3, -0.25) is 4.79 Å². The van der Waals surface area contributed by atoms with Crippen LogP contribution in [-0.4, -0.2) is 37.7 Å². The fraction of sp³-hybridized carbons (Fsp3) is 0.167. The van der Waals surface area contributed by atoms with Crippen molar-refractivity contribution in [1.29, 1.82) is 0 Å². The zero-order valence-corrected chi connectivity index (χ0v) is 19.7. The van der Waals surface area contributed by atoms with Gasteiger partial charge in [0, 0.05) is 31.9 Å². The van der Waals surface area contributed by atoms with Crippen LogP contribution in [0.3, 0.4) is 0 Å². The molecule has 0 saturated carbocycles. The molecular formula is C24H23N3O3S2. The Morgan fingerprint density at radius 3 is 2.34 bits per heavy atom. The van der Waals surface area contributed by atoms with Gasteiger partial charge in [-0.25, -0.2) is 13.4 Å². The number of hydrogen-bond donors (Lipinski definition) is 0. The van der Waals surface area contributed by atoms with E-state index in [-0.39, 0.29) is 17.3 Å². The van der Waals surface area contributed by atoms with Crippen LogP contribution in [0.2, 0.25) is 0 Å². The van der Waals surface area contributed by atoms with Gasteiger partial charge in [-0.05, 0) is 55.0 Å².